The van der Waals surface area contributed by atoms with E-state index in [9.17, 15) is 4.79 Å². The van der Waals surface area contributed by atoms with Gasteiger partial charge in [-0.3, -0.25) is 0 Å². The van der Waals surface area contributed by atoms with Crippen molar-refractivity contribution >= 4 is 34.9 Å². The average Bonchev–Trinajstić information content (AvgIpc) is 2.24. The fraction of sp³-hybridized carbons (Fsp3) is 0.364. The van der Waals surface area contributed by atoms with Gasteiger partial charge in [0.05, 0.1) is 15.7 Å². The average molecular weight is 262 g/mol. The van der Waals surface area contributed by atoms with E-state index in [1.807, 2.05) is 6.92 Å². The first-order valence-corrected chi connectivity index (χ1v) is 5.68. The Balaban J connectivity index is 3.13. The zero-order valence-electron chi connectivity index (χ0n) is 9.08. The Labute approximate surface area is 105 Å². The Kier molecular flexibility index (Phi) is 4.44. The molecule has 1 N–H and O–H groups in total. The van der Waals surface area contributed by atoms with E-state index in [-0.39, 0.29) is 0 Å². The van der Waals surface area contributed by atoms with Crippen LogP contribution in [0.2, 0.25) is 10.0 Å². The third kappa shape index (κ3) is 2.60. The summed E-state index contributed by atoms with van der Waals surface area (Å²) in [5.41, 5.74) is 0.645. The number of halogens is 2. The molecule has 0 bridgehead atoms. The predicted octanol–water partition coefficient (Wildman–Crippen LogP) is 3.29. The second-order valence-electron chi connectivity index (χ2n) is 3.37. The first kappa shape index (κ1) is 13.1. The number of nitrogens with zero attached hydrogens (tertiary/aromatic N) is 1. The van der Waals surface area contributed by atoms with Gasteiger partial charge in [0.15, 0.2) is 0 Å². The number of benzene rings is 1. The zero-order chi connectivity index (χ0) is 12.3. The minimum atomic E-state index is -0.891. The van der Waals surface area contributed by atoms with E-state index in [0.29, 0.717) is 22.3 Å². The Bertz CT molecular complexity index is 396. The van der Waals surface area contributed by atoms with E-state index in [2.05, 4.69) is 0 Å². The van der Waals surface area contributed by atoms with Crippen molar-refractivity contribution in [3.8, 4) is 0 Å². The highest BCUT2D eigenvalue weighted by Crippen LogP contribution is 2.33. The molecular formula is C11H13Cl2NO2. The molecule has 0 heterocycles. The van der Waals surface area contributed by atoms with E-state index in [1.54, 1.807) is 30.0 Å². The number of hydrogen-bond donors (Lipinski definition) is 1. The lowest BCUT2D eigenvalue weighted by molar-refractivity contribution is -0.138. The lowest BCUT2D eigenvalue weighted by Gasteiger charge is -2.28. The summed E-state index contributed by atoms with van der Waals surface area (Å²) in [6, 6.07) is 4.55. The summed E-state index contributed by atoms with van der Waals surface area (Å²) >= 11 is 11.9. The summed E-state index contributed by atoms with van der Waals surface area (Å²) in [6.45, 7) is 4.03. The van der Waals surface area contributed by atoms with Crippen molar-refractivity contribution in [2.45, 2.75) is 19.9 Å². The number of carboxylic acid groups (broad SMARTS) is 1. The molecule has 1 aromatic carbocycles. The first-order valence-electron chi connectivity index (χ1n) is 4.92. The first-order chi connectivity index (χ1) is 7.49. The zero-order valence-corrected chi connectivity index (χ0v) is 10.6. The Hall–Kier alpha value is -0.930. The Morgan fingerprint density at radius 2 is 2.12 bits per heavy atom. The molecule has 0 aliphatic carbocycles. The Morgan fingerprint density at radius 3 is 2.62 bits per heavy atom. The lowest BCUT2D eigenvalue weighted by atomic mass is 10.2. The van der Waals surface area contributed by atoms with Gasteiger partial charge in [0.1, 0.15) is 6.04 Å². The maximum Gasteiger partial charge on any atom is 0.326 e. The van der Waals surface area contributed by atoms with Gasteiger partial charge in [0.25, 0.3) is 0 Å². The molecule has 1 atom stereocenters. The fourth-order valence-corrected chi connectivity index (χ4v) is 1.90. The maximum atomic E-state index is 11.0. The van der Waals surface area contributed by atoms with Gasteiger partial charge in [0, 0.05) is 6.54 Å². The third-order valence-electron chi connectivity index (χ3n) is 2.41. The molecule has 5 heteroatoms. The van der Waals surface area contributed by atoms with Crippen molar-refractivity contribution in [3.05, 3.63) is 28.2 Å². The minimum absolute atomic E-state index is 0.388. The van der Waals surface area contributed by atoms with E-state index in [0.717, 1.165) is 0 Å². The molecule has 16 heavy (non-hydrogen) atoms. The molecule has 88 valence electrons. The van der Waals surface area contributed by atoms with Gasteiger partial charge in [-0.05, 0) is 26.0 Å². The topological polar surface area (TPSA) is 40.5 Å². The summed E-state index contributed by atoms with van der Waals surface area (Å²) < 4.78 is 0. The highest BCUT2D eigenvalue weighted by Gasteiger charge is 2.21. The van der Waals surface area contributed by atoms with Crippen LogP contribution < -0.4 is 4.90 Å². The van der Waals surface area contributed by atoms with Crippen molar-refractivity contribution in [1.82, 2.24) is 0 Å². The molecule has 1 unspecified atom stereocenters. The number of likely N-dealkylation sites (N-methyl/N-ethyl adjacent to an activating group) is 1. The van der Waals surface area contributed by atoms with E-state index < -0.39 is 12.0 Å². The number of carbonyl (C=O) groups is 1. The van der Waals surface area contributed by atoms with E-state index in [1.165, 1.54) is 0 Å². The molecule has 0 radical (unpaired) electrons. The van der Waals surface area contributed by atoms with Gasteiger partial charge in [-0.15, -0.1) is 0 Å². The van der Waals surface area contributed by atoms with Crippen LogP contribution in [0.3, 0.4) is 0 Å². The van der Waals surface area contributed by atoms with Crippen LogP contribution in [-0.4, -0.2) is 23.7 Å². The van der Waals surface area contributed by atoms with Gasteiger partial charge in [-0.1, -0.05) is 29.3 Å². The number of carboxylic acids is 1. The normalized spacial score (nSPS) is 12.2. The molecule has 0 saturated carbocycles. The number of aliphatic carboxylic acids is 1. The molecular weight excluding hydrogens is 249 g/mol. The highest BCUT2D eigenvalue weighted by atomic mass is 35.5. The molecule has 3 nitrogen and oxygen atoms in total. The van der Waals surface area contributed by atoms with Crippen LogP contribution in [0.15, 0.2) is 18.2 Å². The number of hydrogen-bond acceptors (Lipinski definition) is 2. The molecule has 0 fully saturated rings. The van der Waals surface area contributed by atoms with Crippen LogP contribution in [0.4, 0.5) is 5.69 Å². The molecule has 0 saturated heterocycles. The van der Waals surface area contributed by atoms with E-state index >= 15 is 0 Å². The van der Waals surface area contributed by atoms with Crippen LogP contribution >= 0.6 is 23.2 Å². The second-order valence-corrected chi connectivity index (χ2v) is 4.16. The fourth-order valence-electron chi connectivity index (χ4n) is 1.50. The molecule has 0 aliphatic heterocycles. The molecule has 1 aromatic rings. The monoisotopic (exact) mass is 261 g/mol. The van der Waals surface area contributed by atoms with Crippen molar-refractivity contribution in [2.24, 2.45) is 0 Å². The van der Waals surface area contributed by atoms with Gasteiger partial charge < -0.3 is 10.0 Å². The second kappa shape index (κ2) is 5.41. The highest BCUT2D eigenvalue weighted by molar-refractivity contribution is 6.43. The third-order valence-corrected chi connectivity index (χ3v) is 3.22. The van der Waals surface area contributed by atoms with Crippen molar-refractivity contribution in [1.29, 1.82) is 0 Å². The summed E-state index contributed by atoms with van der Waals surface area (Å²) in [7, 11) is 0. The van der Waals surface area contributed by atoms with Crippen molar-refractivity contribution in [2.75, 3.05) is 11.4 Å². The van der Waals surface area contributed by atoms with Crippen LogP contribution in [0, 0.1) is 0 Å². The van der Waals surface area contributed by atoms with Crippen LogP contribution in [0.5, 0.6) is 0 Å². The largest absolute Gasteiger partial charge is 0.480 e. The van der Waals surface area contributed by atoms with Gasteiger partial charge in [-0.2, -0.15) is 0 Å². The van der Waals surface area contributed by atoms with E-state index in [4.69, 9.17) is 28.3 Å². The molecule has 0 aliphatic rings. The minimum Gasteiger partial charge on any atom is -0.480 e. The lowest BCUT2D eigenvalue weighted by Crippen LogP contribution is -2.39. The predicted molar refractivity (Wildman–Crippen MR) is 66.6 cm³/mol. The maximum absolute atomic E-state index is 11.0. The smallest absolute Gasteiger partial charge is 0.326 e. The van der Waals surface area contributed by atoms with Crippen molar-refractivity contribution < 1.29 is 9.90 Å². The summed E-state index contributed by atoms with van der Waals surface area (Å²) in [5, 5.41) is 9.80. The molecule has 0 spiro atoms. The summed E-state index contributed by atoms with van der Waals surface area (Å²) in [6.07, 6.45) is 0. The van der Waals surface area contributed by atoms with Crippen LogP contribution in [0.25, 0.3) is 0 Å². The van der Waals surface area contributed by atoms with Crippen LogP contribution in [-0.2, 0) is 4.79 Å². The summed E-state index contributed by atoms with van der Waals surface area (Å²) in [5.74, 6) is -0.891. The standard InChI is InChI=1S/C11H13Cl2NO2/c1-3-14(7(2)11(15)16)9-6-4-5-8(12)10(9)13/h4-7H,3H2,1-2H3,(H,15,16). The number of rotatable bonds is 4. The van der Waals surface area contributed by atoms with Gasteiger partial charge in [0.2, 0.25) is 0 Å². The molecule has 0 amide bonds. The van der Waals surface area contributed by atoms with Gasteiger partial charge >= 0.3 is 5.97 Å². The summed E-state index contributed by atoms with van der Waals surface area (Å²) in [4.78, 5) is 12.6. The van der Waals surface area contributed by atoms with Gasteiger partial charge in [-0.25, -0.2) is 4.79 Å². The molecule has 0 aromatic heterocycles. The number of anilines is 1. The SMILES string of the molecule is CCN(c1cccc(Cl)c1Cl)C(C)C(=O)O. The quantitative estimate of drug-likeness (QED) is 0.905. The van der Waals surface area contributed by atoms with Crippen molar-refractivity contribution in [3.63, 3.8) is 0 Å². The van der Waals surface area contributed by atoms with Crippen LogP contribution in [0.1, 0.15) is 13.8 Å². The Morgan fingerprint density at radius 1 is 1.50 bits per heavy atom. The molecule has 1 rings (SSSR count).